The van der Waals surface area contributed by atoms with E-state index in [-0.39, 0.29) is 16.7 Å². The summed E-state index contributed by atoms with van der Waals surface area (Å²) >= 11 is 0. The van der Waals surface area contributed by atoms with Crippen molar-refractivity contribution in [3.05, 3.63) is 60.2 Å². The molecule has 1 N–H and O–H groups in total. The fourth-order valence-corrected chi connectivity index (χ4v) is 2.00. The summed E-state index contributed by atoms with van der Waals surface area (Å²) in [4.78, 5) is 6.79. The van der Waals surface area contributed by atoms with E-state index in [1.54, 1.807) is 30.3 Å². The SMILES string of the molecule is Fc1cccc2c(Nc3ccccc3)nc(C(F)(F)F)nc12. The first-order valence-corrected chi connectivity index (χ1v) is 6.31. The van der Waals surface area contributed by atoms with Crippen molar-refractivity contribution in [3.8, 4) is 0 Å². The van der Waals surface area contributed by atoms with Gasteiger partial charge in [-0.1, -0.05) is 24.3 Å². The van der Waals surface area contributed by atoms with E-state index in [9.17, 15) is 17.6 Å². The fourth-order valence-electron chi connectivity index (χ4n) is 2.00. The van der Waals surface area contributed by atoms with Crippen molar-refractivity contribution in [1.82, 2.24) is 9.97 Å². The van der Waals surface area contributed by atoms with Gasteiger partial charge in [-0.3, -0.25) is 0 Å². The molecule has 0 saturated carbocycles. The van der Waals surface area contributed by atoms with Gasteiger partial charge in [-0.25, -0.2) is 14.4 Å². The van der Waals surface area contributed by atoms with Crippen LogP contribution in [0.2, 0.25) is 0 Å². The Morgan fingerprint density at radius 1 is 0.864 bits per heavy atom. The molecule has 1 aromatic heterocycles. The van der Waals surface area contributed by atoms with Crippen LogP contribution in [-0.4, -0.2) is 9.97 Å². The molecule has 0 aliphatic carbocycles. The molecular formula is C15H9F4N3. The van der Waals surface area contributed by atoms with Crippen LogP contribution >= 0.6 is 0 Å². The molecule has 3 rings (SSSR count). The maximum absolute atomic E-state index is 13.8. The molecule has 3 aromatic rings. The lowest BCUT2D eigenvalue weighted by molar-refractivity contribution is -0.144. The summed E-state index contributed by atoms with van der Waals surface area (Å²) in [7, 11) is 0. The number of nitrogens with zero attached hydrogens (tertiary/aromatic N) is 2. The molecule has 0 bridgehead atoms. The first-order valence-electron chi connectivity index (χ1n) is 6.31. The van der Waals surface area contributed by atoms with E-state index in [0.29, 0.717) is 5.69 Å². The monoisotopic (exact) mass is 307 g/mol. The number of hydrogen-bond donors (Lipinski definition) is 1. The van der Waals surface area contributed by atoms with E-state index < -0.39 is 17.8 Å². The van der Waals surface area contributed by atoms with Gasteiger partial charge < -0.3 is 5.32 Å². The Morgan fingerprint density at radius 2 is 1.59 bits per heavy atom. The number of anilines is 2. The summed E-state index contributed by atoms with van der Waals surface area (Å²) in [5.74, 6) is -2.31. The Kier molecular flexibility index (Phi) is 3.40. The van der Waals surface area contributed by atoms with Crippen molar-refractivity contribution < 1.29 is 17.6 Å². The molecule has 0 fully saturated rings. The van der Waals surface area contributed by atoms with Crippen molar-refractivity contribution in [1.29, 1.82) is 0 Å². The van der Waals surface area contributed by atoms with Gasteiger partial charge in [0.2, 0.25) is 5.82 Å². The van der Waals surface area contributed by atoms with E-state index in [0.717, 1.165) is 6.07 Å². The summed E-state index contributed by atoms with van der Waals surface area (Å²) in [6, 6.07) is 12.5. The third-order valence-electron chi connectivity index (χ3n) is 2.97. The maximum Gasteiger partial charge on any atom is 0.451 e. The van der Waals surface area contributed by atoms with Crippen LogP contribution < -0.4 is 5.32 Å². The Balaban J connectivity index is 2.21. The van der Waals surface area contributed by atoms with Gasteiger partial charge in [0.1, 0.15) is 17.2 Å². The summed E-state index contributed by atoms with van der Waals surface area (Å²) in [6.45, 7) is 0. The normalized spacial score (nSPS) is 11.6. The average Bonchev–Trinajstić information content (AvgIpc) is 2.48. The Morgan fingerprint density at radius 3 is 2.27 bits per heavy atom. The quantitative estimate of drug-likeness (QED) is 0.707. The Bertz CT molecular complexity index is 816. The van der Waals surface area contributed by atoms with Crippen molar-refractivity contribution >= 4 is 22.4 Å². The predicted molar refractivity (Wildman–Crippen MR) is 74.2 cm³/mol. The molecule has 0 atom stereocenters. The first-order chi connectivity index (χ1) is 10.4. The third-order valence-corrected chi connectivity index (χ3v) is 2.97. The molecule has 0 aliphatic rings. The van der Waals surface area contributed by atoms with Crippen LogP contribution in [0.15, 0.2) is 48.5 Å². The standard InChI is InChI=1S/C15H9F4N3/c16-11-8-4-7-10-12(11)21-14(15(17,18)19)22-13(10)20-9-5-2-1-3-6-9/h1-8H,(H,20,21,22). The highest BCUT2D eigenvalue weighted by Crippen LogP contribution is 2.32. The number of para-hydroxylation sites is 2. The predicted octanol–water partition coefficient (Wildman–Crippen LogP) is 4.53. The van der Waals surface area contributed by atoms with Crippen LogP contribution in [0, 0.1) is 5.82 Å². The topological polar surface area (TPSA) is 37.8 Å². The number of hydrogen-bond acceptors (Lipinski definition) is 3. The van der Waals surface area contributed by atoms with E-state index in [1.807, 2.05) is 0 Å². The number of fused-ring (bicyclic) bond motifs is 1. The van der Waals surface area contributed by atoms with Crippen molar-refractivity contribution in [2.75, 3.05) is 5.32 Å². The van der Waals surface area contributed by atoms with Gasteiger partial charge in [-0.2, -0.15) is 13.2 Å². The number of halogens is 4. The lowest BCUT2D eigenvalue weighted by atomic mass is 10.2. The van der Waals surface area contributed by atoms with Crippen molar-refractivity contribution in [2.45, 2.75) is 6.18 Å². The van der Waals surface area contributed by atoms with Crippen LogP contribution in [0.25, 0.3) is 10.9 Å². The molecule has 0 amide bonds. The number of alkyl halides is 3. The van der Waals surface area contributed by atoms with Gasteiger partial charge in [0.25, 0.3) is 0 Å². The van der Waals surface area contributed by atoms with Gasteiger partial charge in [0.05, 0.1) is 0 Å². The lowest BCUT2D eigenvalue weighted by Gasteiger charge is -2.12. The second-order valence-corrected chi connectivity index (χ2v) is 4.52. The van der Waals surface area contributed by atoms with Gasteiger partial charge >= 0.3 is 6.18 Å². The molecule has 2 aromatic carbocycles. The van der Waals surface area contributed by atoms with E-state index >= 15 is 0 Å². The minimum absolute atomic E-state index is 0.0944. The summed E-state index contributed by atoms with van der Waals surface area (Å²) in [5.41, 5.74) is 0.170. The first kappa shape index (κ1) is 14.2. The molecule has 7 heteroatoms. The zero-order valence-electron chi connectivity index (χ0n) is 11.0. The third kappa shape index (κ3) is 2.69. The number of nitrogens with one attached hydrogen (secondary N) is 1. The van der Waals surface area contributed by atoms with Crippen LogP contribution in [0.3, 0.4) is 0 Å². The molecule has 0 aliphatic heterocycles. The lowest BCUT2D eigenvalue weighted by Crippen LogP contribution is -2.13. The summed E-state index contributed by atoms with van der Waals surface area (Å²) in [6.07, 6.45) is -4.76. The Labute approximate surface area is 122 Å². The number of benzene rings is 2. The molecule has 112 valence electrons. The highest BCUT2D eigenvalue weighted by Gasteiger charge is 2.36. The zero-order valence-corrected chi connectivity index (χ0v) is 11.0. The highest BCUT2D eigenvalue weighted by atomic mass is 19.4. The minimum Gasteiger partial charge on any atom is -0.340 e. The molecular weight excluding hydrogens is 298 g/mol. The van der Waals surface area contributed by atoms with Gasteiger partial charge in [-0.15, -0.1) is 0 Å². The molecule has 0 radical (unpaired) electrons. The van der Waals surface area contributed by atoms with E-state index in [4.69, 9.17) is 0 Å². The number of rotatable bonds is 2. The molecule has 22 heavy (non-hydrogen) atoms. The van der Waals surface area contributed by atoms with E-state index in [2.05, 4.69) is 15.3 Å². The van der Waals surface area contributed by atoms with Crippen molar-refractivity contribution in [2.24, 2.45) is 0 Å². The van der Waals surface area contributed by atoms with Crippen LogP contribution in [0.5, 0.6) is 0 Å². The largest absolute Gasteiger partial charge is 0.451 e. The maximum atomic E-state index is 13.8. The minimum atomic E-state index is -4.76. The van der Waals surface area contributed by atoms with Gasteiger partial charge in [0, 0.05) is 11.1 Å². The smallest absolute Gasteiger partial charge is 0.340 e. The van der Waals surface area contributed by atoms with Gasteiger partial charge in [-0.05, 0) is 24.3 Å². The Hall–Kier alpha value is -2.70. The second-order valence-electron chi connectivity index (χ2n) is 4.52. The molecule has 1 heterocycles. The van der Waals surface area contributed by atoms with E-state index in [1.165, 1.54) is 12.1 Å². The van der Waals surface area contributed by atoms with Crippen LogP contribution in [0.1, 0.15) is 5.82 Å². The fraction of sp³-hybridized carbons (Fsp3) is 0.0667. The molecule has 0 unspecified atom stereocenters. The number of aromatic nitrogens is 2. The van der Waals surface area contributed by atoms with Crippen LogP contribution in [-0.2, 0) is 6.18 Å². The molecule has 3 nitrogen and oxygen atoms in total. The van der Waals surface area contributed by atoms with Gasteiger partial charge in [0.15, 0.2) is 0 Å². The molecule has 0 saturated heterocycles. The summed E-state index contributed by atoms with van der Waals surface area (Å²) in [5, 5.41) is 2.95. The van der Waals surface area contributed by atoms with Crippen molar-refractivity contribution in [3.63, 3.8) is 0 Å². The second kappa shape index (κ2) is 5.25. The van der Waals surface area contributed by atoms with Crippen LogP contribution in [0.4, 0.5) is 29.1 Å². The zero-order chi connectivity index (χ0) is 15.7. The molecule has 0 spiro atoms. The highest BCUT2D eigenvalue weighted by molar-refractivity contribution is 5.91. The average molecular weight is 307 g/mol. The summed E-state index contributed by atoms with van der Waals surface area (Å²) < 4.78 is 52.5.